The zero-order chi connectivity index (χ0) is 16.0. The first-order valence-electron chi connectivity index (χ1n) is 7.59. The Morgan fingerprint density at radius 2 is 1.86 bits per heavy atom. The number of nitrogens with one attached hydrogen (secondary N) is 1. The third-order valence-electron chi connectivity index (χ3n) is 3.50. The fourth-order valence-corrected chi connectivity index (χ4v) is 2.64. The molecule has 1 aromatic carbocycles. The molecular weight excluding hydrogens is 272 g/mol. The Hall–Kier alpha value is -1.00. The van der Waals surface area contributed by atoms with Crippen molar-refractivity contribution >= 4 is 0 Å². The van der Waals surface area contributed by atoms with Crippen LogP contribution in [0.3, 0.4) is 0 Å². The van der Waals surface area contributed by atoms with Crippen LogP contribution in [0.15, 0.2) is 18.2 Å². The van der Waals surface area contributed by atoms with E-state index in [9.17, 15) is 8.78 Å². The van der Waals surface area contributed by atoms with E-state index >= 15 is 0 Å². The number of rotatable bonds is 7. The van der Waals surface area contributed by atoms with Crippen LogP contribution in [0.1, 0.15) is 40.2 Å². The highest BCUT2D eigenvalue weighted by molar-refractivity contribution is 5.20. The smallest absolute Gasteiger partial charge is 0.162 e. The van der Waals surface area contributed by atoms with E-state index in [0.717, 1.165) is 12.6 Å². The molecule has 4 heteroatoms. The lowest BCUT2D eigenvalue weighted by Crippen LogP contribution is -2.49. The molecule has 0 aliphatic heterocycles. The van der Waals surface area contributed by atoms with Gasteiger partial charge in [0.15, 0.2) is 11.6 Å². The maximum Gasteiger partial charge on any atom is 0.162 e. The second kappa shape index (κ2) is 7.85. The van der Waals surface area contributed by atoms with E-state index in [0.29, 0.717) is 18.6 Å². The van der Waals surface area contributed by atoms with Crippen molar-refractivity contribution in [3.8, 4) is 0 Å². The van der Waals surface area contributed by atoms with Gasteiger partial charge < -0.3 is 10.1 Å². The molecule has 0 aliphatic carbocycles. The van der Waals surface area contributed by atoms with Gasteiger partial charge in [-0.3, -0.25) is 0 Å². The van der Waals surface area contributed by atoms with Crippen LogP contribution in [0.25, 0.3) is 0 Å². The summed E-state index contributed by atoms with van der Waals surface area (Å²) in [6.45, 7) is 11.6. The Morgan fingerprint density at radius 3 is 2.38 bits per heavy atom. The molecule has 0 saturated heterocycles. The van der Waals surface area contributed by atoms with Crippen LogP contribution in [0.5, 0.6) is 0 Å². The summed E-state index contributed by atoms with van der Waals surface area (Å²) >= 11 is 0. The summed E-state index contributed by atoms with van der Waals surface area (Å²) in [6.07, 6.45) is 0.324. The molecule has 2 nitrogen and oxygen atoms in total. The molecular formula is C17H27F2NO. The molecule has 0 bridgehead atoms. The third kappa shape index (κ3) is 5.04. The largest absolute Gasteiger partial charge is 0.376 e. The maximum absolute atomic E-state index is 13.9. The fourth-order valence-electron chi connectivity index (χ4n) is 2.64. The Kier molecular flexibility index (Phi) is 6.75. The second-order valence-corrected chi connectivity index (χ2v) is 6.32. The van der Waals surface area contributed by atoms with Gasteiger partial charge in [-0.05, 0) is 36.9 Å². The van der Waals surface area contributed by atoms with Crippen molar-refractivity contribution in [1.82, 2.24) is 5.32 Å². The molecule has 0 saturated carbocycles. The number of hydrogen-bond acceptors (Lipinski definition) is 2. The van der Waals surface area contributed by atoms with E-state index in [2.05, 4.69) is 26.1 Å². The average molecular weight is 299 g/mol. The molecule has 0 amide bonds. The summed E-state index contributed by atoms with van der Waals surface area (Å²) in [5.41, 5.74) is 0.294. The van der Waals surface area contributed by atoms with Crippen LogP contribution in [0.4, 0.5) is 8.78 Å². The summed E-state index contributed by atoms with van der Waals surface area (Å²) in [6, 6.07) is 4.26. The van der Waals surface area contributed by atoms with Crippen molar-refractivity contribution in [2.24, 2.45) is 5.41 Å². The number of ether oxygens (including phenoxy) is 1. The first-order valence-corrected chi connectivity index (χ1v) is 7.59. The Bertz CT molecular complexity index is 443. The van der Waals surface area contributed by atoms with Crippen LogP contribution in [0, 0.1) is 17.0 Å². The quantitative estimate of drug-likeness (QED) is 0.823. The molecule has 0 aromatic heterocycles. The molecule has 0 radical (unpaired) electrons. The number of halogens is 2. The van der Waals surface area contributed by atoms with E-state index < -0.39 is 11.6 Å². The lowest BCUT2D eigenvalue weighted by molar-refractivity contribution is -0.0354. The molecule has 0 heterocycles. The minimum atomic E-state index is -0.800. The van der Waals surface area contributed by atoms with Crippen molar-refractivity contribution in [1.29, 1.82) is 0 Å². The predicted octanol–water partition coefficient (Wildman–Crippen LogP) is 3.94. The SMILES string of the molecule is CCNC(Cc1cccc(F)c1F)C(OCC)C(C)(C)C. The number of likely N-dealkylation sites (N-methyl/N-ethyl adjacent to an activating group) is 1. The van der Waals surface area contributed by atoms with Crippen LogP contribution in [-0.2, 0) is 11.2 Å². The van der Waals surface area contributed by atoms with Crippen molar-refractivity contribution < 1.29 is 13.5 Å². The van der Waals surface area contributed by atoms with E-state index in [4.69, 9.17) is 4.74 Å². The van der Waals surface area contributed by atoms with Gasteiger partial charge in [-0.1, -0.05) is 39.8 Å². The molecule has 2 unspecified atom stereocenters. The molecule has 120 valence electrons. The van der Waals surface area contributed by atoms with Gasteiger partial charge in [0, 0.05) is 12.6 Å². The Balaban J connectivity index is 3.02. The zero-order valence-corrected chi connectivity index (χ0v) is 13.7. The highest BCUT2D eigenvalue weighted by Crippen LogP contribution is 2.27. The molecule has 1 N–H and O–H groups in total. The topological polar surface area (TPSA) is 21.3 Å². The number of benzene rings is 1. The molecule has 0 fully saturated rings. The van der Waals surface area contributed by atoms with Gasteiger partial charge >= 0.3 is 0 Å². The average Bonchev–Trinajstić information content (AvgIpc) is 2.39. The van der Waals surface area contributed by atoms with Crippen LogP contribution < -0.4 is 5.32 Å². The van der Waals surface area contributed by atoms with Crippen LogP contribution >= 0.6 is 0 Å². The lowest BCUT2D eigenvalue weighted by Gasteiger charge is -2.37. The van der Waals surface area contributed by atoms with Gasteiger partial charge in [-0.15, -0.1) is 0 Å². The van der Waals surface area contributed by atoms with E-state index in [-0.39, 0.29) is 17.6 Å². The van der Waals surface area contributed by atoms with Gasteiger partial charge in [0.25, 0.3) is 0 Å². The minimum Gasteiger partial charge on any atom is -0.376 e. The second-order valence-electron chi connectivity index (χ2n) is 6.32. The van der Waals surface area contributed by atoms with Crippen molar-refractivity contribution in [2.75, 3.05) is 13.2 Å². The highest BCUT2D eigenvalue weighted by atomic mass is 19.2. The molecule has 0 spiro atoms. The molecule has 21 heavy (non-hydrogen) atoms. The van der Waals surface area contributed by atoms with Crippen molar-refractivity contribution in [3.63, 3.8) is 0 Å². The standard InChI is InChI=1S/C17H27F2NO/c1-6-20-14(16(21-7-2)17(3,4)5)11-12-9-8-10-13(18)15(12)19/h8-10,14,16,20H,6-7,11H2,1-5H3. The summed E-state index contributed by atoms with van der Waals surface area (Å²) in [5.74, 6) is -1.56. The van der Waals surface area contributed by atoms with Crippen LogP contribution in [-0.4, -0.2) is 25.3 Å². The van der Waals surface area contributed by atoms with E-state index in [1.165, 1.54) is 0 Å². The molecule has 1 rings (SSSR count). The fraction of sp³-hybridized carbons (Fsp3) is 0.647. The molecule has 1 aromatic rings. The van der Waals surface area contributed by atoms with Gasteiger partial charge in [-0.25, -0.2) is 8.78 Å². The van der Waals surface area contributed by atoms with E-state index in [1.54, 1.807) is 12.1 Å². The first-order chi connectivity index (χ1) is 9.81. The normalized spacial score (nSPS) is 15.0. The van der Waals surface area contributed by atoms with Gasteiger partial charge in [0.2, 0.25) is 0 Å². The van der Waals surface area contributed by atoms with E-state index in [1.807, 2.05) is 13.8 Å². The van der Waals surface area contributed by atoms with Gasteiger partial charge in [0.1, 0.15) is 0 Å². The Labute approximate surface area is 126 Å². The third-order valence-corrected chi connectivity index (χ3v) is 3.50. The number of hydrogen-bond donors (Lipinski definition) is 1. The molecule has 0 aliphatic rings. The summed E-state index contributed by atoms with van der Waals surface area (Å²) < 4.78 is 33.2. The maximum atomic E-state index is 13.9. The van der Waals surface area contributed by atoms with Crippen molar-refractivity contribution in [2.45, 2.75) is 53.2 Å². The zero-order valence-electron chi connectivity index (χ0n) is 13.7. The summed E-state index contributed by atoms with van der Waals surface area (Å²) in [5, 5.41) is 3.36. The lowest BCUT2D eigenvalue weighted by atomic mass is 9.82. The summed E-state index contributed by atoms with van der Waals surface area (Å²) in [7, 11) is 0. The van der Waals surface area contributed by atoms with Gasteiger partial charge in [0.05, 0.1) is 6.10 Å². The highest BCUT2D eigenvalue weighted by Gasteiger charge is 2.33. The van der Waals surface area contributed by atoms with Crippen molar-refractivity contribution in [3.05, 3.63) is 35.4 Å². The minimum absolute atomic E-state index is 0.0637. The monoisotopic (exact) mass is 299 g/mol. The predicted molar refractivity (Wildman–Crippen MR) is 82.4 cm³/mol. The first kappa shape index (κ1) is 18.1. The van der Waals surface area contributed by atoms with Gasteiger partial charge in [-0.2, -0.15) is 0 Å². The summed E-state index contributed by atoms with van der Waals surface area (Å²) in [4.78, 5) is 0. The Morgan fingerprint density at radius 1 is 1.19 bits per heavy atom. The molecule has 2 atom stereocenters. The van der Waals surface area contributed by atoms with Crippen LogP contribution in [0.2, 0.25) is 0 Å².